The lowest BCUT2D eigenvalue weighted by Gasteiger charge is -2.11. The first kappa shape index (κ1) is 61.5. The minimum absolute atomic E-state index is 0.0231. The number of nitrogens with two attached hydrogens (primary N) is 8. The molecule has 0 aromatic heterocycles. The van der Waals surface area contributed by atoms with E-state index in [1.54, 1.807) is 0 Å². The number of carbonyl (C=O) groups is 8. The van der Waals surface area contributed by atoms with Gasteiger partial charge in [0.25, 0.3) is 0 Å². The number of rotatable bonds is 22. The molecule has 0 amide bonds. The van der Waals surface area contributed by atoms with Gasteiger partial charge in [0.2, 0.25) is 0 Å². The van der Waals surface area contributed by atoms with Crippen molar-refractivity contribution < 1.29 is 79.2 Å². The summed E-state index contributed by atoms with van der Waals surface area (Å²) in [6.45, 7) is 4.69. The highest BCUT2D eigenvalue weighted by molar-refractivity contribution is 5.75. The highest BCUT2D eigenvalue weighted by Crippen LogP contribution is 2.04. The third-order valence-corrected chi connectivity index (χ3v) is 6.26. The number of carboxylic acid groups (broad SMARTS) is 8. The Hall–Kier alpha value is -4.56. The van der Waals surface area contributed by atoms with Gasteiger partial charge in [-0.15, -0.1) is 0 Å². The summed E-state index contributed by atoms with van der Waals surface area (Å²) in [5.74, 6) is -8.07. The summed E-state index contributed by atoms with van der Waals surface area (Å²) in [5.41, 5.74) is 40.7. The average Bonchev–Trinajstić information content (AvgIpc) is 3.09. The van der Waals surface area contributed by atoms with Crippen LogP contribution in [0.3, 0.4) is 0 Å². The summed E-state index contributed by atoms with van der Waals surface area (Å²) in [6.07, 6.45) is 4.69. The van der Waals surface area contributed by atoms with Crippen LogP contribution in [0.1, 0.15) is 84.5 Å². The standard InChI is InChI=1S/2C6H14N2O2.C6H13NO2.2C5H9NO4.C2H5NO2/c2*7-4-2-1-3-5(8)6(9)10;1-3-4(2)5(7)6(8)9;2*6-3(5(9)10)1-2-4(7)8;3-1-2(4)5/h2*5H,1-4,7-8H2,(H,9,10);4-5H,3,7H2,1-2H3,(H,8,9);2*3H,1-2,6H2,(H,7,8)(H,9,10);1,3H2,(H,4,5)/t2*5-;4-,5-;2*3-;/m00000./s1. The fraction of sp³-hybridized carbons (Fsp3) is 0.733. The van der Waals surface area contributed by atoms with Gasteiger partial charge in [-0.1, -0.05) is 33.1 Å². The minimum Gasteiger partial charge on any atom is -0.481 e. The number of carboxylic acids is 8. The lowest BCUT2D eigenvalue weighted by atomic mass is 10.0. The second kappa shape index (κ2) is 41.2. The smallest absolute Gasteiger partial charge is 0.320 e. The summed E-state index contributed by atoms with van der Waals surface area (Å²) >= 11 is 0. The molecule has 0 unspecified atom stereocenters. The van der Waals surface area contributed by atoms with E-state index in [1.165, 1.54) is 0 Å². The highest BCUT2D eigenvalue weighted by atomic mass is 16.4. The molecule has 0 spiro atoms. The van der Waals surface area contributed by atoms with Gasteiger partial charge in [0.05, 0.1) is 6.54 Å². The van der Waals surface area contributed by atoms with Crippen LogP contribution >= 0.6 is 0 Å². The maximum atomic E-state index is 10.2. The second-order valence-corrected chi connectivity index (χ2v) is 11.1. The van der Waals surface area contributed by atoms with Gasteiger partial charge in [0, 0.05) is 12.8 Å². The van der Waals surface area contributed by atoms with E-state index in [-0.39, 0.29) is 38.1 Å². The van der Waals surface area contributed by atoms with Crippen LogP contribution in [-0.2, 0) is 38.4 Å². The number of hydrogen-bond acceptors (Lipinski definition) is 16. The van der Waals surface area contributed by atoms with E-state index in [0.717, 1.165) is 32.1 Å². The first-order chi connectivity index (χ1) is 24.8. The van der Waals surface area contributed by atoms with Gasteiger partial charge in [-0.2, -0.15) is 0 Å². The zero-order chi connectivity index (χ0) is 44.0. The molecule has 0 bridgehead atoms. The predicted octanol–water partition coefficient (Wildman–Crippen LogP) is -2.95. The lowest BCUT2D eigenvalue weighted by Crippen LogP contribution is -2.36. The molecular weight excluding hydrogens is 728 g/mol. The first-order valence-corrected chi connectivity index (χ1v) is 16.5. The summed E-state index contributed by atoms with van der Waals surface area (Å²) < 4.78 is 0. The van der Waals surface area contributed by atoms with Gasteiger partial charge < -0.3 is 86.7 Å². The average molecular weight is 793 g/mol. The molecule has 6 atom stereocenters. The SMILES string of the molecule is CC[C@H](C)[C@H](N)C(=O)O.NCC(=O)O.NCCCC[C@H](N)C(=O)O.NCCCC[C@H](N)C(=O)O.N[C@@H](CCC(=O)O)C(=O)O.N[C@@H](CCC(=O)O)C(=O)O. The van der Waals surface area contributed by atoms with Crippen LogP contribution < -0.4 is 45.9 Å². The van der Waals surface area contributed by atoms with Crippen LogP contribution in [0.25, 0.3) is 0 Å². The molecule has 0 heterocycles. The number of unbranched alkanes of at least 4 members (excludes halogenated alkanes) is 2. The minimum atomic E-state index is -1.17. The largest absolute Gasteiger partial charge is 0.481 e. The summed E-state index contributed by atoms with van der Waals surface area (Å²) in [4.78, 5) is 79.4. The van der Waals surface area contributed by atoms with Gasteiger partial charge in [-0.05, 0) is 57.5 Å². The van der Waals surface area contributed by atoms with E-state index in [0.29, 0.717) is 25.9 Å². The number of hydrogen-bond donors (Lipinski definition) is 16. The second-order valence-electron chi connectivity index (χ2n) is 11.1. The van der Waals surface area contributed by atoms with Crippen LogP contribution in [0.15, 0.2) is 0 Å². The third-order valence-electron chi connectivity index (χ3n) is 6.26. The van der Waals surface area contributed by atoms with E-state index in [2.05, 4.69) is 5.73 Å². The van der Waals surface area contributed by atoms with Crippen molar-refractivity contribution in [1.82, 2.24) is 0 Å². The normalized spacial score (nSPS) is 12.9. The van der Waals surface area contributed by atoms with Crippen molar-refractivity contribution >= 4 is 47.8 Å². The quantitative estimate of drug-likeness (QED) is 0.0487. The highest BCUT2D eigenvalue weighted by Gasteiger charge is 2.17. The molecule has 24 N–H and O–H groups in total. The summed E-state index contributed by atoms with van der Waals surface area (Å²) in [5, 5.41) is 65.2. The van der Waals surface area contributed by atoms with Crippen LogP contribution in [0.2, 0.25) is 0 Å². The van der Waals surface area contributed by atoms with E-state index < -0.39 is 78.0 Å². The summed E-state index contributed by atoms with van der Waals surface area (Å²) in [7, 11) is 0. The molecule has 0 radical (unpaired) electrons. The molecule has 320 valence electrons. The van der Waals surface area contributed by atoms with Gasteiger partial charge in [-0.3, -0.25) is 38.4 Å². The maximum Gasteiger partial charge on any atom is 0.320 e. The zero-order valence-electron chi connectivity index (χ0n) is 30.8. The van der Waals surface area contributed by atoms with Crippen molar-refractivity contribution in [1.29, 1.82) is 0 Å². The van der Waals surface area contributed by atoms with Gasteiger partial charge in [0.1, 0.15) is 30.2 Å². The van der Waals surface area contributed by atoms with E-state index >= 15 is 0 Å². The fourth-order valence-corrected chi connectivity index (χ4v) is 2.57. The van der Waals surface area contributed by atoms with Crippen molar-refractivity contribution in [2.75, 3.05) is 19.6 Å². The first-order valence-electron chi connectivity index (χ1n) is 16.5. The molecule has 24 nitrogen and oxygen atoms in total. The Balaban J connectivity index is -0.000000129. The Labute approximate surface area is 313 Å². The maximum absolute atomic E-state index is 10.2. The Morgan fingerprint density at radius 3 is 0.852 bits per heavy atom. The monoisotopic (exact) mass is 792 g/mol. The molecule has 0 fully saturated rings. The molecule has 0 aliphatic heterocycles. The Kier molecular flexibility index (Phi) is 46.9. The molecule has 0 aromatic carbocycles. The Bertz CT molecular complexity index is 995. The molecule has 0 aliphatic rings. The Morgan fingerprint density at radius 1 is 0.444 bits per heavy atom. The molecule has 0 saturated carbocycles. The number of aliphatic carboxylic acids is 8. The van der Waals surface area contributed by atoms with Crippen LogP contribution in [0.5, 0.6) is 0 Å². The fourth-order valence-electron chi connectivity index (χ4n) is 2.57. The molecule has 24 heteroatoms. The Morgan fingerprint density at radius 2 is 0.704 bits per heavy atom. The van der Waals surface area contributed by atoms with Gasteiger partial charge in [-0.25, -0.2) is 0 Å². The van der Waals surface area contributed by atoms with E-state index in [1.807, 2.05) is 13.8 Å². The van der Waals surface area contributed by atoms with Crippen LogP contribution in [0, 0.1) is 5.92 Å². The van der Waals surface area contributed by atoms with Crippen molar-refractivity contribution in [3.8, 4) is 0 Å². The van der Waals surface area contributed by atoms with Crippen molar-refractivity contribution in [3.63, 3.8) is 0 Å². The summed E-state index contributed by atoms with van der Waals surface area (Å²) in [6, 6.07) is -4.25. The third kappa shape index (κ3) is 54.2. The molecule has 0 aliphatic carbocycles. The van der Waals surface area contributed by atoms with E-state index in [4.69, 9.17) is 81.0 Å². The van der Waals surface area contributed by atoms with E-state index in [9.17, 15) is 38.4 Å². The molecule has 0 saturated heterocycles. The zero-order valence-corrected chi connectivity index (χ0v) is 30.8. The van der Waals surface area contributed by atoms with Gasteiger partial charge >= 0.3 is 47.8 Å². The van der Waals surface area contributed by atoms with Crippen molar-refractivity contribution in [2.24, 2.45) is 51.8 Å². The van der Waals surface area contributed by atoms with Crippen molar-refractivity contribution in [2.45, 2.75) is 115 Å². The molecule has 0 rings (SSSR count). The van der Waals surface area contributed by atoms with Crippen LogP contribution in [0.4, 0.5) is 0 Å². The van der Waals surface area contributed by atoms with Crippen molar-refractivity contribution in [3.05, 3.63) is 0 Å². The molecular formula is C30H64N8O16. The molecule has 54 heavy (non-hydrogen) atoms. The van der Waals surface area contributed by atoms with Crippen LogP contribution in [-0.4, -0.2) is 138 Å². The van der Waals surface area contributed by atoms with Gasteiger partial charge in [0.15, 0.2) is 0 Å². The predicted molar refractivity (Wildman–Crippen MR) is 194 cm³/mol. The lowest BCUT2D eigenvalue weighted by molar-refractivity contribution is -0.141. The molecule has 0 aromatic rings. The topological polar surface area (TPSA) is 507 Å².